The first kappa shape index (κ1) is 31.2. The van der Waals surface area contributed by atoms with Gasteiger partial charge in [0, 0.05) is 24.0 Å². The summed E-state index contributed by atoms with van der Waals surface area (Å²) >= 11 is 6.72. The Labute approximate surface area is 267 Å². The van der Waals surface area contributed by atoms with Gasteiger partial charge < -0.3 is 20.2 Å². The zero-order valence-corrected chi connectivity index (χ0v) is 26.3. The number of aromatic hydroxyl groups is 1. The van der Waals surface area contributed by atoms with Crippen LogP contribution < -0.4 is 15.8 Å². The third kappa shape index (κ3) is 4.70. The molecule has 0 aliphatic carbocycles. The number of rotatable bonds is 5. The Morgan fingerprint density at radius 2 is 1.76 bits per heavy atom. The summed E-state index contributed by atoms with van der Waals surface area (Å²) in [4.78, 5) is 52.7. The summed E-state index contributed by atoms with van der Waals surface area (Å²) in [6, 6.07) is 4.05. The zero-order chi connectivity index (χ0) is 33.2. The van der Waals surface area contributed by atoms with Crippen LogP contribution in [0.3, 0.4) is 0 Å². The number of carbonyl (C=O) groups excluding carboxylic acids is 2. The van der Waals surface area contributed by atoms with Crippen LogP contribution >= 0.6 is 11.6 Å². The van der Waals surface area contributed by atoms with Crippen molar-refractivity contribution >= 4 is 45.7 Å². The van der Waals surface area contributed by atoms with Gasteiger partial charge in [-0.2, -0.15) is 0 Å². The molecule has 4 heterocycles. The molecule has 2 aliphatic rings. The molecule has 46 heavy (non-hydrogen) atoms. The van der Waals surface area contributed by atoms with E-state index in [9.17, 15) is 19.5 Å². The molecular formula is C33H31ClF2N6O4. The Kier molecular flexibility index (Phi) is 7.79. The molecule has 238 valence electrons. The lowest BCUT2D eigenvalue weighted by Crippen LogP contribution is -2.61. The van der Waals surface area contributed by atoms with E-state index in [0.29, 0.717) is 11.4 Å². The number of hydrogen-bond acceptors (Lipinski definition) is 7. The molecule has 0 radical (unpaired) electrons. The maximum Gasteiger partial charge on any atom is 0.281 e. The standard InChI is InChI=1S/C33H31ClF2N6O4/c1-6-22(44)40-10-11-41-20(13-40)32(45)39-28-30(41)17-12-18(34)23(24-19(35)8-7-9-21(24)43)25(36)29(17)42(33(28)46)31-26(15(2)3)37-14-38-27(31)16(4)5/h6-9,12,14-16,20,43H,1,10-11,13H2,2-5H3,(H,39,45)/t20-/m1/s1. The fourth-order valence-corrected chi connectivity index (χ4v) is 6.65. The molecule has 0 bridgehead atoms. The number of halogens is 3. The monoisotopic (exact) mass is 648 g/mol. The van der Waals surface area contributed by atoms with Gasteiger partial charge in [-0.25, -0.2) is 18.7 Å². The maximum absolute atomic E-state index is 17.3. The summed E-state index contributed by atoms with van der Waals surface area (Å²) < 4.78 is 33.7. The average Bonchev–Trinajstić information content (AvgIpc) is 3.02. The van der Waals surface area contributed by atoms with Crippen molar-refractivity contribution in [1.29, 1.82) is 0 Å². The van der Waals surface area contributed by atoms with Crippen LogP contribution in [-0.4, -0.2) is 62.0 Å². The van der Waals surface area contributed by atoms with Crippen molar-refractivity contribution in [3.8, 4) is 22.6 Å². The Balaban J connectivity index is 1.79. The minimum atomic E-state index is -1.06. The van der Waals surface area contributed by atoms with Crippen molar-refractivity contribution < 1.29 is 23.5 Å². The maximum atomic E-state index is 17.3. The average molecular weight is 649 g/mol. The van der Waals surface area contributed by atoms with Gasteiger partial charge in [-0.3, -0.25) is 19.0 Å². The summed E-state index contributed by atoms with van der Waals surface area (Å²) in [5.74, 6) is -3.89. The number of carbonyl (C=O) groups is 2. The van der Waals surface area contributed by atoms with Crippen molar-refractivity contribution in [3.63, 3.8) is 0 Å². The van der Waals surface area contributed by atoms with E-state index in [1.807, 2.05) is 27.7 Å². The van der Waals surface area contributed by atoms with Gasteiger partial charge in [0.25, 0.3) is 5.56 Å². The molecule has 6 rings (SSSR count). The largest absolute Gasteiger partial charge is 0.507 e. The molecule has 10 nitrogen and oxygen atoms in total. The number of fused-ring (bicyclic) bond motifs is 5. The molecule has 2 aliphatic heterocycles. The summed E-state index contributed by atoms with van der Waals surface area (Å²) in [7, 11) is 0. The Morgan fingerprint density at radius 1 is 1.09 bits per heavy atom. The second-order valence-electron chi connectivity index (χ2n) is 11.9. The number of piperazine rings is 1. The van der Waals surface area contributed by atoms with Gasteiger partial charge in [-0.15, -0.1) is 0 Å². The number of nitrogens with one attached hydrogen (secondary N) is 1. The quantitative estimate of drug-likeness (QED) is 0.275. The summed E-state index contributed by atoms with van der Waals surface area (Å²) in [6.45, 7) is 11.4. The number of pyridine rings is 1. The molecule has 1 atom stereocenters. The third-order valence-electron chi connectivity index (χ3n) is 8.47. The van der Waals surface area contributed by atoms with E-state index in [2.05, 4.69) is 21.9 Å². The van der Waals surface area contributed by atoms with Crippen LogP contribution in [0.2, 0.25) is 5.02 Å². The van der Waals surface area contributed by atoms with Crippen LogP contribution in [0.1, 0.15) is 50.9 Å². The van der Waals surface area contributed by atoms with Crippen LogP contribution in [0.5, 0.6) is 5.75 Å². The van der Waals surface area contributed by atoms with E-state index < -0.39 is 46.0 Å². The van der Waals surface area contributed by atoms with Crippen molar-refractivity contribution in [2.75, 3.05) is 29.9 Å². The summed E-state index contributed by atoms with van der Waals surface area (Å²) in [5, 5.41) is 13.3. The number of amides is 2. The molecule has 0 unspecified atom stereocenters. The zero-order valence-electron chi connectivity index (χ0n) is 25.6. The molecule has 2 aromatic heterocycles. The van der Waals surface area contributed by atoms with Crippen molar-refractivity contribution in [1.82, 2.24) is 19.4 Å². The van der Waals surface area contributed by atoms with E-state index >= 15 is 8.78 Å². The Bertz CT molecular complexity index is 1980. The minimum Gasteiger partial charge on any atom is -0.507 e. The van der Waals surface area contributed by atoms with Crippen LogP contribution in [0.25, 0.3) is 27.7 Å². The SMILES string of the molecule is C=CC(=O)N1CCN2c3c(c(=O)n(-c4c(C(C)C)ncnc4C(C)C)c4c(F)c(-c5c(O)cccc5F)c(Cl)cc34)NC(=O)[C@H]2C1. The molecule has 0 spiro atoms. The first-order valence-corrected chi connectivity index (χ1v) is 15.2. The molecule has 1 fully saturated rings. The lowest BCUT2D eigenvalue weighted by molar-refractivity contribution is -0.128. The van der Waals surface area contributed by atoms with Crippen molar-refractivity contribution in [2.45, 2.75) is 45.6 Å². The third-order valence-corrected chi connectivity index (χ3v) is 8.77. The number of anilines is 2. The Hall–Kier alpha value is -4.84. The van der Waals surface area contributed by atoms with Gasteiger partial charge >= 0.3 is 0 Å². The number of phenolic OH excluding ortho intramolecular Hbond substituents is 1. The van der Waals surface area contributed by atoms with Crippen molar-refractivity contribution in [3.05, 3.63) is 81.6 Å². The minimum absolute atomic E-state index is 0.000375. The molecule has 2 N–H and O–H groups in total. The summed E-state index contributed by atoms with van der Waals surface area (Å²) in [6.07, 6.45) is 2.54. The lowest BCUT2D eigenvalue weighted by Gasteiger charge is -2.45. The highest BCUT2D eigenvalue weighted by Crippen LogP contribution is 2.46. The fourth-order valence-electron chi connectivity index (χ4n) is 6.36. The molecular weight excluding hydrogens is 618 g/mol. The smallest absolute Gasteiger partial charge is 0.281 e. The molecule has 2 aromatic carbocycles. The van der Waals surface area contributed by atoms with E-state index in [0.717, 1.165) is 16.7 Å². The van der Waals surface area contributed by atoms with Crippen LogP contribution in [0, 0.1) is 11.6 Å². The van der Waals surface area contributed by atoms with Crippen LogP contribution in [0.15, 0.2) is 48.0 Å². The highest BCUT2D eigenvalue weighted by atomic mass is 35.5. The lowest BCUT2D eigenvalue weighted by atomic mass is 9.96. The highest BCUT2D eigenvalue weighted by Gasteiger charge is 2.42. The number of phenols is 1. The van der Waals surface area contributed by atoms with E-state index in [1.165, 1.54) is 29.4 Å². The van der Waals surface area contributed by atoms with Gasteiger partial charge in [-0.05, 0) is 36.1 Å². The van der Waals surface area contributed by atoms with Gasteiger partial charge in [0.1, 0.15) is 29.6 Å². The van der Waals surface area contributed by atoms with Gasteiger partial charge in [0.2, 0.25) is 11.8 Å². The predicted octanol–water partition coefficient (Wildman–Crippen LogP) is 5.49. The molecule has 1 saturated heterocycles. The van der Waals surface area contributed by atoms with Gasteiger partial charge in [-0.1, -0.05) is 51.9 Å². The highest BCUT2D eigenvalue weighted by molar-refractivity contribution is 6.35. The second kappa shape index (κ2) is 11.5. The normalized spacial score (nSPS) is 16.1. The first-order chi connectivity index (χ1) is 21.9. The molecule has 13 heteroatoms. The number of nitrogens with zero attached hydrogens (tertiary/aromatic N) is 5. The molecule has 4 aromatic rings. The van der Waals surface area contributed by atoms with E-state index in [1.54, 1.807) is 4.90 Å². The molecule has 0 saturated carbocycles. The first-order valence-electron chi connectivity index (χ1n) is 14.8. The number of hydrogen-bond donors (Lipinski definition) is 2. The second-order valence-corrected chi connectivity index (χ2v) is 12.3. The van der Waals surface area contributed by atoms with Crippen LogP contribution in [-0.2, 0) is 9.59 Å². The number of aromatic nitrogens is 3. The molecule has 2 amide bonds. The number of benzene rings is 2. The topological polar surface area (TPSA) is 121 Å². The fraction of sp³-hybridized carbons (Fsp3) is 0.303. The van der Waals surface area contributed by atoms with E-state index in [4.69, 9.17) is 11.6 Å². The van der Waals surface area contributed by atoms with Gasteiger partial charge in [0.15, 0.2) is 5.82 Å². The van der Waals surface area contributed by atoms with E-state index in [-0.39, 0.29) is 70.4 Å². The summed E-state index contributed by atoms with van der Waals surface area (Å²) in [5.41, 5.74) is -0.701. The van der Waals surface area contributed by atoms with Crippen LogP contribution in [0.4, 0.5) is 20.2 Å². The van der Waals surface area contributed by atoms with Gasteiger partial charge in [0.05, 0.1) is 45.4 Å². The Morgan fingerprint density at radius 3 is 2.37 bits per heavy atom. The van der Waals surface area contributed by atoms with Crippen molar-refractivity contribution in [2.24, 2.45) is 0 Å². The predicted molar refractivity (Wildman–Crippen MR) is 172 cm³/mol.